The smallest absolute Gasteiger partial charge is 0.255 e. The van der Waals surface area contributed by atoms with E-state index in [9.17, 15) is 4.79 Å². The Morgan fingerprint density at radius 1 is 1.09 bits per heavy atom. The molecule has 1 aliphatic carbocycles. The number of ether oxygens (including phenoxy) is 1. The van der Waals surface area contributed by atoms with Gasteiger partial charge in [0.25, 0.3) is 5.91 Å². The fraction of sp³-hybridized carbons (Fsp3) is 0.276. The van der Waals surface area contributed by atoms with E-state index in [1.54, 1.807) is 31.4 Å². The van der Waals surface area contributed by atoms with E-state index in [-0.39, 0.29) is 11.4 Å². The maximum absolute atomic E-state index is 12.6. The number of carbonyl (C=O) groups excluding carboxylic acids is 1. The van der Waals surface area contributed by atoms with Gasteiger partial charge in [0.15, 0.2) is 0 Å². The highest BCUT2D eigenvalue weighted by Gasteiger charge is 2.29. The van der Waals surface area contributed by atoms with Crippen molar-refractivity contribution in [3.05, 3.63) is 96.3 Å². The van der Waals surface area contributed by atoms with Crippen LogP contribution in [0, 0.1) is 11.8 Å². The molecule has 34 heavy (non-hydrogen) atoms. The predicted molar refractivity (Wildman–Crippen MR) is 140 cm³/mol. The van der Waals surface area contributed by atoms with Gasteiger partial charge in [0.2, 0.25) is 0 Å². The van der Waals surface area contributed by atoms with Crippen molar-refractivity contribution in [3.8, 4) is 11.8 Å². The summed E-state index contributed by atoms with van der Waals surface area (Å²) in [5.74, 6) is 7.20. The molecule has 0 heterocycles. The van der Waals surface area contributed by atoms with Crippen LogP contribution in [0.4, 0.5) is 11.4 Å². The van der Waals surface area contributed by atoms with Crippen molar-refractivity contribution in [1.29, 1.82) is 0 Å². The lowest BCUT2D eigenvalue weighted by Gasteiger charge is -2.34. The van der Waals surface area contributed by atoms with Gasteiger partial charge in [0.1, 0.15) is 5.76 Å². The summed E-state index contributed by atoms with van der Waals surface area (Å²) in [6.45, 7) is 8.55. The van der Waals surface area contributed by atoms with Gasteiger partial charge in [-0.15, -0.1) is 0 Å². The number of allylic oxidation sites excluding steroid dienone is 1. The van der Waals surface area contributed by atoms with Gasteiger partial charge in [0.05, 0.1) is 24.0 Å². The zero-order valence-corrected chi connectivity index (χ0v) is 19.8. The van der Waals surface area contributed by atoms with Crippen molar-refractivity contribution in [1.82, 2.24) is 5.32 Å². The topological polar surface area (TPSA) is 76.4 Å². The van der Waals surface area contributed by atoms with Crippen molar-refractivity contribution >= 4 is 17.3 Å². The molecule has 2 aromatic carbocycles. The van der Waals surface area contributed by atoms with Crippen LogP contribution in [-0.2, 0) is 4.74 Å². The molecule has 0 spiro atoms. The molecule has 4 N–H and O–H groups in total. The lowest BCUT2D eigenvalue weighted by Crippen LogP contribution is -2.46. The zero-order valence-electron chi connectivity index (χ0n) is 19.8. The Labute approximate surface area is 202 Å². The van der Waals surface area contributed by atoms with E-state index >= 15 is 0 Å². The summed E-state index contributed by atoms with van der Waals surface area (Å²) >= 11 is 0. The Morgan fingerprint density at radius 3 is 2.47 bits per heavy atom. The molecule has 0 bridgehead atoms. The number of carbonyl (C=O) groups is 1. The number of benzene rings is 2. The summed E-state index contributed by atoms with van der Waals surface area (Å²) in [6, 6.07) is 14.5. The summed E-state index contributed by atoms with van der Waals surface area (Å²) in [4.78, 5) is 12.6. The Hall–Kier alpha value is -3.75. The Kier molecular flexibility index (Phi) is 8.73. The van der Waals surface area contributed by atoms with Crippen molar-refractivity contribution < 1.29 is 9.53 Å². The highest BCUT2D eigenvalue weighted by Crippen LogP contribution is 2.28. The van der Waals surface area contributed by atoms with Gasteiger partial charge >= 0.3 is 0 Å². The molecular formula is C29H33N3O2. The van der Waals surface area contributed by atoms with Crippen molar-refractivity contribution in [2.45, 2.75) is 37.6 Å². The molecule has 0 radical (unpaired) electrons. The first-order valence-electron chi connectivity index (χ1n) is 11.5. The van der Waals surface area contributed by atoms with E-state index in [2.05, 4.69) is 35.6 Å². The lowest BCUT2D eigenvalue weighted by molar-refractivity contribution is 0.102. The number of anilines is 2. The van der Waals surface area contributed by atoms with Gasteiger partial charge in [-0.2, -0.15) is 0 Å². The first-order chi connectivity index (χ1) is 16.4. The number of methoxy groups -OCH3 is 1. The minimum atomic E-state index is -0.242. The van der Waals surface area contributed by atoms with E-state index in [0.29, 0.717) is 29.2 Å². The maximum atomic E-state index is 12.6. The Morgan fingerprint density at radius 2 is 1.79 bits per heavy atom. The minimum absolute atomic E-state index is 0.203. The predicted octanol–water partition coefficient (Wildman–Crippen LogP) is 5.44. The Balaban J connectivity index is 1.66. The Bertz CT molecular complexity index is 1110. The lowest BCUT2D eigenvalue weighted by atomic mass is 9.81. The number of hydrogen-bond acceptors (Lipinski definition) is 4. The first-order valence-corrected chi connectivity index (χ1v) is 11.5. The van der Waals surface area contributed by atoms with E-state index in [0.717, 1.165) is 36.8 Å². The zero-order chi connectivity index (χ0) is 24.4. The second-order valence-electron chi connectivity index (χ2n) is 8.53. The molecule has 2 aromatic rings. The molecule has 3 rings (SSSR count). The quantitative estimate of drug-likeness (QED) is 0.214. The van der Waals surface area contributed by atoms with Crippen molar-refractivity contribution in [3.63, 3.8) is 0 Å². The van der Waals surface area contributed by atoms with Gasteiger partial charge in [0, 0.05) is 17.7 Å². The largest absolute Gasteiger partial charge is 0.497 e. The van der Waals surface area contributed by atoms with Gasteiger partial charge in [-0.1, -0.05) is 62.5 Å². The SMILES string of the molecule is C=C(/C=C\C(=C)OC)CNC1(C#Cc2ccc(C(=O)Nc3ccccc3N)cc2)CCCCC1. The summed E-state index contributed by atoms with van der Waals surface area (Å²) in [7, 11) is 1.60. The first kappa shape index (κ1) is 24.9. The molecule has 0 aromatic heterocycles. The molecule has 1 fully saturated rings. The summed E-state index contributed by atoms with van der Waals surface area (Å²) in [6.07, 6.45) is 9.25. The van der Waals surface area contributed by atoms with Gasteiger partial charge in [-0.3, -0.25) is 10.1 Å². The van der Waals surface area contributed by atoms with Crippen LogP contribution in [0.2, 0.25) is 0 Å². The summed E-state index contributed by atoms with van der Waals surface area (Å²) in [5.41, 5.74) is 9.18. The molecule has 1 saturated carbocycles. The van der Waals surface area contributed by atoms with Gasteiger partial charge in [-0.05, 0) is 60.9 Å². The highest BCUT2D eigenvalue weighted by molar-refractivity contribution is 6.05. The number of nitrogens with one attached hydrogen (secondary N) is 2. The van der Waals surface area contributed by atoms with E-state index < -0.39 is 0 Å². The van der Waals surface area contributed by atoms with Gasteiger partial charge < -0.3 is 15.8 Å². The number of rotatable bonds is 8. The molecule has 176 valence electrons. The molecular weight excluding hydrogens is 422 g/mol. The minimum Gasteiger partial charge on any atom is -0.497 e. The maximum Gasteiger partial charge on any atom is 0.255 e. The molecule has 0 saturated heterocycles. The second-order valence-corrected chi connectivity index (χ2v) is 8.53. The number of para-hydroxylation sites is 2. The number of amides is 1. The molecule has 1 amide bonds. The van der Waals surface area contributed by atoms with Crippen LogP contribution in [-0.4, -0.2) is 25.1 Å². The molecule has 0 unspecified atom stereocenters. The highest BCUT2D eigenvalue weighted by atomic mass is 16.5. The van der Waals surface area contributed by atoms with Crippen LogP contribution < -0.4 is 16.4 Å². The molecule has 0 aliphatic heterocycles. The number of hydrogen-bond donors (Lipinski definition) is 3. The van der Waals surface area contributed by atoms with Crippen LogP contribution in [0.25, 0.3) is 0 Å². The van der Waals surface area contributed by atoms with Crippen LogP contribution in [0.15, 0.2) is 85.2 Å². The van der Waals surface area contributed by atoms with Crippen molar-refractivity contribution in [2.75, 3.05) is 24.7 Å². The normalized spacial score (nSPS) is 14.6. The fourth-order valence-electron chi connectivity index (χ4n) is 3.82. The average Bonchev–Trinajstić information content (AvgIpc) is 2.87. The number of nitrogens with two attached hydrogens (primary N) is 1. The van der Waals surface area contributed by atoms with Crippen LogP contribution in [0.3, 0.4) is 0 Å². The third-order valence-electron chi connectivity index (χ3n) is 5.93. The summed E-state index contributed by atoms with van der Waals surface area (Å²) < 4.78 is 5.06. The van der Waals surface area contributed by atoms with E-state index in [4.69, 9.17) is 10.5 Å². The second kappa shape index (κ2) is 11.9. The standard InChI is InChI=1S/C29H33N3O2/c1-22(11-12-23(2)34-3)21-31-29(18-7-4-8-19-29)20-17-24-13-15-25(16-14-24)28(33)32-27-10-6-5-9-26(27)30/h5-6,9-16,31H,1-2,4,7-8,18-19,21,30H2,3H3,(H,32,33)/b12-11-. The third kappa shape index (κ3) is 7.13. The monoisotopic (exact) mass is 455 g/mol. The van der Waals surface area contributed by atoms with E-state index in [1.807, 2.05) is 36.4 Å². The van der Waals surface area contributed by atoms with Crippen LogP contribution in [0.5, 0.6) is 0 Å². The average molecular weight is 456 g/mol. The molecule has 0 atom stereocenters. The van der Waals surface area contributed by atoms with Crippen LogP contribution in [0.1, 0.15) is 48.0 Å². The molecule has 1 aliphatic rings. The third-order valence-corrected chi connectivity index (χ3v) is 5.93. The van der Waals surface area contributed by atoms with E-state index in [1.165, 1.54) is 6.42 Å². The molecule has 5 nitrogen and oxygen atoms in total. The summed E-state index contributed by atoms with van der Waals surface area (Å²) in [5, 5.41) is 6.49. The molecule has 5 heteroatoms. The number of nitrogen functional groups attached to an aromatic ring is 1. The fourth-order valence-corrected chi connectivity index (χ4v) is 3.82. The van der Waals surface area contributed by atoms with Crippen molar-refractivity contribution in [2.24, 2.45) is 0 Å². The van der Waals surface area contributed by atoms with Crippen LogP contribution >= 0.6 is 0 Å². The van der Waals surface area contributed by atoms with Gasteiger partial charge in [-0.25, -0.2) is 0 Å².